The van der Waals surface area contributed by atoms with Gasteiger partial charge in [-0.25, -0.2) is 0 Å². The van der Waals surface area contributed by atoms with Crippen molar-refractivity contribution in [3.63, 3.8) is 0 Å². The molecule has 3 rings (SSSR count). The lowest BCUT2D eigenvalue weighted by Crippen LogP contribution is -2.39. The molecule has 2 heterocycles. The van der Waals surface area contributed by atoms with Crippen LogP contribution in [0.25, 0.3) is 22.7 Å². The van der Waals surface area contributed by atoms with Gasteiger partial charge < -0.3 is 20.3 Å². The Labute approximate surface area is 226 Å². The summed E-state index contributed by atoms with van der Waals surface area (Å²) in [5, 5.41) is 13.6. The van der Waals surface area contributed by atoms with Gasteiger partial charge in [-0.05, 0) is 30.7 Å². The smallest absolute Gasteiger partial charge is 0.303 e. The van der Waals surface area contributed by atoms with E-state index < -0.39 is 28.5 Å². The fourth-order valence-corrected chi connectivity index (χ4v) is 4.14. The highest BCUT2D eigenvalue weighted by molar-refractivity contribution is 6.54. The minimum absolute atomic E-state index is 0.0154. The van der Waals surface area contributed by atoms with Crippen LogP contribution in [-0.2, 0) is 14.4 Å². The molecule has 3 aromatic rings. The zero-order valence-electron chi connectivity index (χ0n) is 18.5. The van der Waals surface area contributed by atoms with Crippen molar-refractivity contribution in [2.45, 2.75) is 30.1 Å². The SMILES string of the molecule is N[C@H](CCC(=O)O)C(=O)CCN(C(=O)C(Cl)Cl)c1ccnc(-c2cc(-c3c(Cl)cccc3Cl)no2)c1. The van der Waals surface area contributed by atoms with E-state index in [1.165, 1.54) is 17.2 Å². The Hall–Kier alpha value is -2.69. The fraction of sp³-hybridized carbons (Fsp3) is 0.261. The molecule has 36 heavy (non-hydrogen) atoms. The van der Waals surface area contributed by atoms with Crippen molar-refractivity contribution in [3.05, 3.63) is 52.6 Å². The number of carboxylic acids is 1. The summed E-state index contributed by atoms with van der Waals surface area (Å²) in [6.45, 7) is -0.0886. The average molecular weight is 574 g/mol. The monoisotopic (exact) mass is 572 g/mol. The first kappa shape index (κ1) is 27.9. The van der Waals surface area contributed by atoms with E-state index in [4.69, 9.17) is 61.8 Å². The molecule has 0 saturated carbocycles. The number of nitrogens with zero attached hydrogens (tertiary/aromatic N) is 3. The number of anilines is 1. The normalized spacial score (nSPS) is 11.9. The van der Waals surface area contributed by atoms with Crippen molar-refractivity contribution in [1.29, 1.82) is 0 Å². The van der Waals surface area contributed by atoms with E-state index in [1.807, 2.05) is 0 Å². The molecule has 13 heteroatoms. The standard InChI is InChI=1S/C23H20Cl4N4O5/c24-13-2-1-3-14(25)21(13)17-11-19(36-30-17)16-10-12(6-8-29-16)31(23(35)22(26)27)9-7-18(32)15(28)4-5-20(33)34/h1-3,6,8,10-11,15,22H,4-5,7,9,28H2,(H,33,34)/t15-/m1/s1. The lowest BCUT2D eigenvalue weighted by Gasteiger charge is -2.24. The third-order valence-electron chi connectivity index (χ3n) is 5.15. The van der Waals surface area contributed by atoms with E-state index >= 15 is 0 Å². The van der Waals surface area contributed by atoms with Crippen molar-refractivity contribution in [3.8, 4) is 22.7 Å². The molecule has 0 aliphatic heterocycles. The predicted molar refractivity (Wildman–Crippen MR) is 138 cm³/mol. The maximum absolute atomic E-state index is 12.7. The summed E-state index contributed by atoms with van der Waals surface area (Å²) >= 11 is 24.1. The van der Waals surface area contributed by atoms with Gasteiger partial charge in [0, 0.05) is 42.9 Å². The lowest BCUT2D eigenvalue weighted by molar-refractivity contribution is -0.137. The number of hydrogen-bond donors (Lipinski definition) is 2. The molecule has 2 aromatic heterocycles. The second-order valence-corrected chi connectivity index (χ2v) is 9.53. The van der Waals surface area contributed by atoms with Gasteiger partial charge in [-0.15, -0.1) is 0 Å². The molecule has 1 amide bonds. The van der Waals surface area contributed by atoms with Crippen molar-refractivity contribution in [2.24, 2.45) is 5.73 Å². The lowest BCUT2D eigenvalue weighted by atomic mass is 10.0. The number of aromatic nitrogens is 2. The van der Waals surface area contributed by atoms with Crippen LogP contribution in [0.5, 0.6) is 0 Å². The molecule has 0 saturated heterocycles. The number of nitrogens with two attached hydrogens (primary N) is 1. The number of amides is 1. The molecular formula is C23H20Cl4N4O5. The van der Waals surface area contributed by atoms with Gasteiger partial charge in [0.25, 0.3) is 5.91 Å². The topological polar surface area (TPSA) is 140 Å². The zero-order valence-corrected chi connectivity index (χ0v) is 21.6. The highest BCUT2D eigenvalue weighted by Crippen LogP contribution is 2.36. The maximum Gasteiger partial charge on any atom is 0.303 e. The van der Waals surface area contributed by atoms with Crippen molar-refractivity contribution in [2.75, 3.05) is 11.4 Å². The van der Waals surface area contributed by atoms with Gasteiger partial charge in [-0.1, -0.05) is 57.6 Å². The summed E-state index contributed by atoms with van der Waals surface area (Å²) < 4.78 is 5.43. The van der Waals surface area contributed by atoms with Crippen LogP contribution >= 0.6 is 46.4 Å². The van der Waals surface area contributed by atoms with Crippen LogP contribution in [0.1, 0.15) is 19.3 Å². The minimum atomic E-state index is -1.39. The Morgan fingerprint density at radius 2 is 1.75 bits per heavy atom. The summed E-state index contributed by atoms with van der Waals surface area (Å²) in [5.41, 5.74) is 7.34. The van der Waals surface area contributed by atoms with Crippen molar-refractivity contribution in [1.82, 2.24) is 10.1 Å². The second kappa shape index (κ2) is 12.5. The van der Waals surface area contributed by atoms with E-state index in [0.29, 0.717) is 32.7 Å². The first-order chi connectivity index (χ1) is 17.1. The van der Waals surface area contributed by atoms with Gasteiger partial charge in [0.2, 0.25) is 0 Å². The first-order valence-corrected chi connectivity index (χ1v) is 12.2. The van der Waals surface area contributed by atoms with Gasteiger partial charge in [0.05, 0.1) is 16.1 Å². The largest absolute Gasteiger partial charge is 0.481 e. The van der Waals surface area contributed by atoms with Crippen LogP contribution in [0.3, 0.4) is 0 Å². The van der Waals surface area contributed by atoms with E-state index in [9.17, 15) is 14.4 Å². The molecular weight excluding hydrogens is 554 g/mol. The third kappa shape index (κ3) is 6.96. The number of carbonyl (C=O) groups excluding carboxylic acids is 2. The quantitative estimate of drug-likeness (QED) is 0.305. The van der Waals surface area contributed by atoms with E-state index in [-0.39, 0.29) is 31.6 Å². The van der Waals surface area contributed by atoms with Gasteiger partial charge in [-0.2, -0.15) is 0 Å². The Morgan fingerprint density at radius 3 is 2.39 bits per heavy atom. The molecule has 0 aliphatic carbocycles. The molecule has 1 aromatic carbocycles. The summed E-state index contributed by atoms with van der Waals surface area (Å²) in [7, 11) is 0. The number of carbonyl (C=O) groups is 3. The number of halogens is 4. The highest BCUT2D eigenvalue weighted by Gasteiger charge is 2.25. The molecule has 9 nitrogen and oxygen atoms in total. The van der Waals surface area contributed by atoms with Crippen LogP contribution in [0.2, 0.25) is 10.0 Å². The van der Waals surface area contributed by atoms with Gasteiger partial charge >= 0.3 is 5.97 Å². The molecule has 190 valence electrons. The Morgan fingerprint density at radius 1 is 1.06 bits per heavy atom. The van der Waals surface area contributed by atoms with Crippen LogP contribution < -0.4 is 10.6 Å². The molecule has 0 aliphatic rings. The summed E-state index contributed by atoms with van der Waals surface area (Å²) in [6, 6.07) is 8.75. The van der Waals surface area contributed by atoms with Crippen LogP contribution in [0.15, 0.2) is 47.1 Å². The molecule has 0 spiro atoms. The number of aliphatic carboxylic acids is 1. The number of carboxylic acid groups (broad SMARTS) is 1. The Kier molecular flexibility index (Phi) is 9.69. The van der Waals surface area contributed by atoms with Crippen LogP contribution in [-0.4, -0.2) is 50.3 Å². The summed E-state index contributed by atoms with van der Waals surface area (Å²) in [6.07, 6.45) is 1.04. The number of rotatable bonds is 11. The van der Waals surface area contributed by atoms with E-state index in [1.54, 1.807) is 30.3 Å². The number of benzene rings is 1. The van der Waals surface area contributed by atoms with E-state index in [0.717, 1.165) is 0 Å². The summed E-state index contributed by atoms with van der Waals surface area (Å²) in [4.78, 5) is 39.9. The van der Waals surface area contributed by atoms with E-state index in [2.05, 4.69) is 10.1 Å². The molecule has 3 N–H and O–H groups in total. The number of ketones is 1. The fourth-order valence-electron chi connectivity index (χ4n) is 3.31. The Bertz CT molecular complexity index is 1250. The number of hydrogen-bond acceptors (Lipinski definition) is 7. The predicted octanol–water partition coefficient (Wildman–Crippen LogP) is 5.00. The highest BCUT2D eigenvalue weighted by atomic mass is 35.5. The molecule has 0 radical (unpaired) electrons. The third-order valence-corrected chi connectivity index (χ3v) is 6.16. The molecule has 0 unspecified atom stereocenters. The van der Waals surface area contributed by atoms with Gasteiger partial charge in [0.1, 0.15) is 11.4 Å². The number of alkyl halides is 2. The number of Topliss-reactive ketones (excluding diaryl/α,β-unsaturated/α-hetero) is 1. The van der Waals surface area contributed by atoms with Gasteiger partial charge in [0.15, 0.2) is 16.4 Å². The second-order valence-electron chi connectivity index (χ2n) is 7.62. The number of pyridine rings is 1. The minimum Gasteiger partial charge on any atom is -0.481 e. The first-order valence-electron chi connectivity index (χ1n) is 10.6. The molecule has 0 bridgehead atoms. The maximum atomic E-state index is 12.7. The van der Waals surface area contributed by atoms with Crippen molar-refractivity contribution >= 4 is 69.8 Å². The van der Waals surface area contributed by atoms with Crippen LogP contribution in [0, 0.1) is 0 Å². The molecule has 1 atom stereocenters. The summed E-state index contributed by atoms with van der Waals surface area (Å²) in [5.74, 6) is -1.85. The van der Waals surface area contributed by atoms with Crippen molar-refractivity contribution < 1.29 is 24.0 Å². The van der Waals surface area contributed by atoms with Gasteiger partial charge in [-0.3, -0.25) is 19.4 Å². The zero-order chi connectivity index (χ0) is 26.4. The Balaban J connectivity index is 1.84. The average Bonchev–Trinajstić information content (AvgIpc) is 3.32. The molecule has 0 fully saturated rings. The van der Waals surface area contributed by atoms with Crippen LogP contribution in [0.4, 0.5) is 5.69 Å².